The zero-order chi connectivity index (χ0) is 14.3. The summed E-state index contributed by atoms with van der Waals surface area (Å²) >= 11 is 0. The minimum Gasteiger partial charge on any atom is -0.380 e. The number of hydrogen-bond acceptors (Lipinski definition) is 4. The van der Waals surface area contributed by atoms with Gasteiger partial charge in [0.1, 0.15) is 0 Å². The molecule has 0 bridgehead atoms. The molecule has 4 nitrogen and oxygen atoms in total. The topological polar surface area (TPSA) is 33.7 Å². The average molecular weight is 274 g/mol. The summed E-state index contributed by atoms with van der Waals surface area (Å²) in [6.45, 7) is 16.0. The lowest BCUT2D eigenvalue weighted by molar-refractivity contribution is 0.0821. The van der Waals surface area contributed by atoms with Gasteiger partial charge in [0.25, 0.3) is 0 Å². The highest BCUT2D eigenvalue weighted by atomic mass is 16.5. The highest BCUT2D eigenvalue weighted by Gasteiger charge is 2.04. The first-order valence-electron chi connectivity index (χ1n) is 7.81. The Kier molecular flexibility index (Phi) is 14.1. The summed E-state index contributed by atoms with van der Waals surface area (Å²) in [5, 5.41) is 3.46. The van der Waals surface area contributed by atoms with E-state index in [-0.39, 0.29) is 0 Å². The van der Waals surface area contributed by atoms with E-state index < -0.39 is 0 Å². The van der Waals surface area contributed by atoms with Crippen LogP contribution in [0.25, 0.3) is 0 Å². The van der Waals surface area contributed by atoms with Gasteiger partial charge in [-0.3, -0.25) is 4.90 Å². The SMILES string of the molecule is CCOCCN(CCCCNC(C)C)CCOCC. The van der Waals surface area contributed by atoms with Crippen LogP contribution in [0.3, 0.4) is 0 Å². The van der Waals surface area contributed by atoms with E-state index in [0.29, 0.717) is 6.04 Å². The number of nitrogens with zero attached hydrogens (tertiary/aromatic N) is 1. The second kappa shape index (κ2) is 14.3. The molecule has 0 atom stereocenters. The van der Waals surface area contributed by atoms with Gasteiger partial charge in [0.2, 0.25) is 0 Å². The van der Waals surface area contributed by atoms with E-state index >= 15 is 0 Å². The van der Waals surface area contributed by atoms with Gasteiger partial charge in [0, 0.05) is 32.3 Å². The molecule has 116 valence electrons. The van der Waals surface area contributed by atoms with Crippen molar-refractivity contribution in [2.24, 2.45) is 0 Å². The van der Waals surface area contributed by atoms with Crippen LogP contribution in [0.4, 0.5) is 0 Å². The summed E-state index contributed by atoms with van der Waals surface area (Å²) in [7, 11) is 0. The van der Waals surface area contributed by atoms with Crippen LogP contribution >= 0.6 is 0 Å². The van der Waals surface area contributed by atoms with Gasteiger partial charge in [0.15, 0.2) is 0 Å². The highest BCUT2D eigenvalue weighted by Crippen LogP contribution is 1.96. The maximum Gasteiger partial charge on any atom is 0.0593 e. The number of unbranched alkanes of at least 4 members (excludes halogenated alkanes) is 1. The van der Waals surface area contributed by atoms with Crippen LogP contribution in [0, 0.1) is 0 Å². The molecule has 0 heterocycles. The average Bonchev–Trinajstić information content (AvgIpc) is 2.38. The standard InChI is InChI=1S/C15H34N2O2/c1-5-18-13-11-17(12-14-19-6-2)10-8-7-9-16-15(3)4/h15-16H,5-14H2,1-4H3. The lowest BCUT2D eigenvalue weighted by Crippen LogP contribution is -2.32. The van der Waals surface area contributed by atoms with Gasteiger partial charge >= 0.3 is 0 Å². The Morgan fingerprint density at radius 1 is 0.895 bits per heavy atom. The second-order valence-electron chi connectivity index (χ2n) is 5.05. The minimum absolute atomic E-state index is 0.590. The maximum atomic E-state index is 5.43. The van der Waals surface area contributed by atoms with E-state index in [2.05, 4.69) is 24.1 Å². The van der Waals surface area contributed by atoms with Gasteiger partial charge in [-0.25, -0.2) is 0 Å². The summed E-state index contributed by atoms with van der Waals surface area (Å²) in [5.74, 6) is 0. The molecule has 0 amide bonds. The van der Waals surface area contributed by atoms with Crippen molar-refractivity contribution in [2.75, 3.05) is 52.6 Å². The number of rotatable bonds is 14. The van der Waals surface area contributed by atoms with Crippen molar-refractivity contribution in [1.29, 1.82) is 0 Å². The Balaban J connectivity index is 3.64. The van der Waals surface area contributed by atoms with E-state index in [1.165, 1.54) is 12.8 Å². The fraction of sp³-hybridized carbons (Fsp3) is 1.00. The molecule has 0 aliphatic carbocycles. The van der Waals surface area contributed by atoms with Crippen LogP contribution in [-0.4, -0.2) is 63.5 Å². The molecule has 0 saturated carbocycles. The zero-order valence-corrected chi connectivity index (χ0v) is 13.4. The summed E-state index contributed by atoms with van der Waals surface area (Å²) in [4.78, 5) is 2.45. The van der Waals surface area contributed by atoms with Gasteiger partial charge in [-0.2, -0.15) is 0 Å². The van der Waals surface area contributed by atoms with Crippen LogP contribution < -0.4 is 5.32 Å². The first-order chi connectivity index (χ1) is 9.20. The second-order valence-corrected chi connectivity index (χ2v) is 5.05. The van der Waals surface area contributed by atoms with E-state index in [9.17, 15) is 0 Å². The molecule has 0 fully saturated rings. The molecule has 0 saturated heterocycles. The quantitative estimate of drug-likeness (QED) is 0.492. The lowest BCUT2D eigenvalue weighted by atomic mass is 10.2. The lowest BCUT2D eigenvalue weighted by Gasteiger charge is -2.22. The highest BCUT2D eigenvalue weighted by molar-refractivity contribution is 4.59. The predicted molar refractivity (Wildman–Crippen MR) is 81.8 cm³/mol. The molecule has 0 aliphatic heterocycles. The van der Waals surface area contributed by atoms with E-state index in [0.717, 1.165) is 52.6 Å². The van der Waals surface area contributed by atoms with Crippen molar-refractivity contribution < 1.29 is 9.47 Å². The summed E-state index contributed by atoms with van der Waals surface area (Å²) < 4.78 is 10.9. The molecule has 0 rings (SSSR count). The molecule has 0 aromatic rings. The van der Waals surface area contributed by atoms with Crippen LogP contribution in [0.1, 0.15) is 40.5 Å². The number of hydrogen-bond donors (Lipinski definition) is 1. The van der Waals surface area contributed by atoms with Crippen LogP contribution in [0.15, 0.2) is 0 Å². The summed E-state index contributed by atoms with van der Waals surface area (Å²) in [6.07, 6.45) is 2.47. The Hall–Kier alpha value is -0.160. The third-order valence-corrected chi connectivity index (χ3v) is 2.97. The molecule has 1 N–H and O–H groups in total. The Labute approximate surface area is 119 Å². The van der Waals surface area contributed by atoms with Gasteiger partial charge in [-0.15, -0.1) is 0 Å². The number of nitrogens with one attached hydrogen (secondary N) is 1. The van der Waals surface area contributed by atoms with Crippen LogP contribution in [0.2, 0.25) is 0 Å². The van der Waals surface area contributed by atoms with Gasteiger partial charge < -0.3 is 14.8 Å². The van der Waals surface area contributed by atoms with E-state index in [4.69, 9.17) is 9.47 Å². The van der Waals surface area contributed by atoms with Gasteiger partial charge in [-0.1, -0.05) is 13.8 Å². The van der Waals surface area contributed by atoms with Crippen molar-refractivity contribution in [3.63, 3.8) is 0 Å². The van der Waals surface area contributed by atoms with Crippen molar-refractivity contribution >= 4 is 0 Å². The molecular weight excluding hydrogens is 240 g/mol. The summed E-state index contributed by atoms with van der Waals surface area (Å²) in [6, 6.07) is 0.590. The largest absolute Gasteiger partial charge is 0.380 e. The van der Waals surface area contributed by atoms with E-state index in [1.807, 2.05) is 13.8 Å². The molecule has 0 spiro atoms. The van der Waals surface area contributed by atoms with Crippen LogP contribution in [0.5, 0.6) is 0 Å². The monoisotopic (exact) mass is 274 g/mol. The molecular formula is C15H34N2O2. The summed E-state index contributed by atoms with van der Waals surface area (Å²) in [5.41, 5.74) is 0. The molecule has 0 aliphatic rings. The Morgan fingerprint density at radius 2 is 1.47 bits per heavy atom. The Morgan fingerprint density at radius 3 is 1.95 bits per heavy atom. The third-order valence-electron chi connectivity index (χ3n) is 2.97. The van der Waals surface area contributed by atoms with Crippen molar-refractivity contribution in [3.8, 4) is 0 Å². The zero-order valence-electron chi connectivity index (χ0n) is 13.4. The van der Waals surface area contributed by atoms with Crippen molar-refractivity contribution in [2.45, 2.75) is 46.6 Å². The number of ether oxygens (including phenoxy) is 2. The first kappa shape index (κ1) is 18.8. The molecule has 0 unspecified atom stereocenters. The van der Waals surface area contributed by atoms with Gasteiger partial charge in [0.05, 0.1) is 13.2 Å². The van der Waals surface area contributed by atoms with Crippen molar-refractivity contribution in [3.05, 3.63) is 0 Å². The molecule has 19 heavy (non-hydrogen) atoms. The maximum absolute atomic E-state index is 5.43. The third kappa shape index (κ3) is 14.1. The van der Waals surface area contributed by atoms with E-state index in [1.54, 1.807) is 0 Å². The fourth-order valence-corrected chi connectivity index (χ4v) is 1.86. The normalized spacial score (nSPS) is 11.7. The molecule has 0 aromatic heterocycles. The molecule has 0 radical (unpaired) electrons. The molecule has 0 aromatic carbocycles. The minimum atomic E-state index is 0.590. The first-order valence-corrected chi connectivity index (χ1v) is 7.81. The Bertz CT molecular complexity index is 168. The van der Waals surface area contributed by atoms with Crippen LogP contribution in [-0.2, 0) is 9.47 Å². The van der Waals surface area contributed by atoms with Crippen molar-refractivity contribution in [1.82, 2.24) is 10.2 Å². The predicted octanol–water partition coefficient (Wildman–Crippen LogP) is 2.14. The molecule has 4 heteroatoms. The fourth-order valence-electron chi connectivity index (χ4n) is 1.86. The van der Waals surface area contributed by atoms with Gasteiger partial charge in [-0.05, 0) is 39.8 Å². The smallest absolute Gasteiger partial charge is 0.0593 e.